The summed E-state index contributed by atoms with van der Waals surface area (Å²) in [5.74, 6) is -0.538. The number of carbonyl (C=O) groups is 3. The van der Waals surface area contributed by atoms with Crippen molar-refractivity contribution in [2.75, 3.05) is 44.6 Å². The van der Waals surface area contributed by atoms with Crippen molar-refractivity contribution < 1.29 is 18.8 Å². The van der Waals surface area contributed by atoms with Crippen LogP contribution in [-0.2, 0) is 9.59 Å². The van der Waals surface area contributed by atoms with Crippen molar-refractivity contribution in [1.29, 1.82) is 0 Å². The van der Waals surface area contributed by atoms with Crippen LogP contribution in [-0.4, -0.2) is 73.0 Å². The summed E-state index contributed by atoms with van der Waals surface area (Å²) in [5, 5.41) is 8.54. The zero-order chi connectivity index (χ0) is 21.3. The summed E-state index contributed by atoms with van der Waals surface area (Å²) in [6.45, 7) is 2.75. The Hall–Kier alpha value is -2.68. The van der Waals surface area contributed by atoms with Crippen LogP contribution in [0.4, 0.5) is 14.9 Å². The van der Waals surface area contributed by atoms with E-state index in [4.69, 9.17) is 0 Å². The number of anilines is 1. The Morgan fingerprint density at radius 3 is 2.30 bits per heavy atom. The fraction of sp³-hybridized carbons (Fsp3) is 0.571. The van der Waals surface area contributed by atoms with Gasteiger partial charge in [0.15, 0.2) is 0 Å². The monoisotopic (exact) mass is 419 g/mol. The lowest BCUT2D eigenvalue weighted by Crippen LogP contribution is -2.53. The lowest BCUT2D eigenvalue weighted by molar-refractivity contribution is -0.121. The molecule has 164 valence electrons. The third-order valence-electron chi connectivity index (χ3n) is 5.50. The van der Waals surface area contributed by atoms with Gasteiger partial charge in [-0.15, -0.1) is 0 Å². The number of rotatable bonds is 7. The minimum atomic E-state index is -0.350. The Bertz CT molecular complexity index is 729. The highest BCUT2D eigenvalue weighted by Gasteiger charge is 2.23. The van der Waals surface area contributed by atoms with Gasteiger partial charge in [0, 0.05) is 50.9 Å². The number of hydrogen-bond donors (Lipinski definition) is 3. The van der Waals surface area contributed by atoms with Crippen LogP contribution in [0, 0.1) is 5.82 Å². The molecular formula is C21H30FN5O3. The maximum Gasteiger partial charge on any atom is 0.317 e. The Kier molecular flexibility index (Phi) is 8.01. The minimum Gasteiger partial charge on any atom is -0.353 e. The van der Waals surface area contributed by atoms with Crippen LogP contribution >= 0.6 is 0 Å². The van der Waals surface area contributed by atoms with E-state index in [1.165, 1.54) is 37.1 Å². The lowest BCUT2D eigenvalue weighted by atomic mass is 10.2. The van der Waals surface area contributed by atoms with Crippen molar-refractivity contribution in [3.05, 3.63) is 30.1 Å². The van der Waals surface area contributed by atoms with Gasteiger partial charge >= 0.3 is 6.03 Å². The van der Waals surface area contributed by atoms with Crippen LogP contribution < -0.4 is 16.0 Å². The first kappa shape index (κ1) is 22.0. The summed E-state index contributed by atoms with van der Waals surface area (Å²) in [6, 6.07) is 5.74. The number of urea groups is 1. The van der Waals surface area contributed by atoms with E-state index in [-0.39, 0.29) is 36.6 Å². The third kappa shape index (κ3) is 6.98. The first-order chi connectivity index (χ1) is 14.5. The predicted octanol–water partition coefficient (Wildman–Crippen LogP) is 1.54. The molecule has 4 amide bonds. The molecule has 1 aromatic carbocycles. The molecule has 1 saturated heterocycles. The summed E-state index contributed by atoms with van der Waals surface area (Å²) < 4.78 is 12.9. The van der Waals surface area contributed by atoms with Crippen molar-refractivity contribution in [2.45, 2.75) is 38.1 Å². The van der Waals surface area contributed by atoms with Gasteiger partial charge in [-0.2, -0.15) is 0 Å². The molecule has 0 aromatic heterocycles. The highest BCUT2D eigenvalue weighted by atomic mass is 19.1. The number of nitrogens with one attached hydrogen (secondary N) is 3. The highest BCUT2D eigenvalue weighted by molar-refractivity contribution is 5.92. The molecule has 0 spiro atoms. The molecular weight excluding hydrogens is 389 g/mol. The van der Waals surface area contributed by atoms with Crippen LogP contribution in [0.3, 0.4) is 0 Å². The molecule has 3 rings (SSSR count). The van der Waals surface area contributed by atoms with Gasteiger partial charge in [0.25, 0.3) is 0 Å². The van der Waals surface area contributed by atoms with Gasteiger partial charge in [-0.25, -0.2) is 9.18 Å². The summed E-state index contributed by atoms with van der Waals surface area (Å²) in [5.41, 5.74) is 0.552. The molecule has 8 nitrogen and oxygen atoms in total. The first-order valence-corrected chi connectivity index (χ1v) is 10.6. The van der Waals surface area contributed by atoms with E-state index in [0.717, 1.165) is 12.8 Å². The molecule has 0 atom stereocenters. The SMILES string of the molecule is O=C(CN1CCN(C(=O)NCCC(=O)NC2CCCC2)CC1)Nc1ccc(F)cc1. The molecule has 30 heavy (non-hydrogen) atoms. The molecule has 1 saturated carbocycles. The average Bonchev–Trinajstić information content (AvgIpc) is 3.23. The van der Waals surface area contributed by atoms with Gasteiger partial charge < -0.3 is 20.9 Å². The zero-order valence-corrected chi connectivity index (χ0v) is 17.2. The number of piperazine rings is 1. The van der Waals surface area contributed by atoms with Gasteiger partial charge in [0.05, 0.1) is 6.54 Å². The third-order valence-corrected chi connectivity index (χ3v) is 5.50. The Balaban J connectivity index is 1.29. The average molecular weight is 420 g/mol. The van der Waals surface area contributed by atoms with Gasteiger partial charge in [-0.3, -0.25) is 14.5 Å². The molecule has 0 unspecified atom stereocenters. The number of amides is 4. The lowest BCUT2D eigenvalue weighted by Gasteiger charge is -2.34. The van der Waals surface area contributed by atoms with Crippen LogP contribution in [0.2, 0.25) is 0 Å². The summed E-state index contributed by atoms with van der Waals surface area (Å²) in [7, 11) is 0. The van der Waals surface area contributed by atoms with E-state index in [1.807, 2.05) is 4.90 Å². The van der Waals surface area contributed by atoms with E-state index in [0.29, 0.717) is 44.5 Å². The molecule has 1 aliphatic heterocycles. The van der Waals surface area contributed by atoms with Crippen LogP contribution in [0.15, 0.2) is 24.3 Å². The predicted molar refractivity (Wildman–Crippen MR) is 111 cm³/mol. The molecule has 9 heteroatoms. The van der Waals surface area contributed by atoms with E-state index in [1.54, 1.807) is 4.90 Å². The van der Waals surface area contributed by atoms with Gasteiger partial charge in [-0.05, 0) is 37.1 Å². The molecule has 2 aliphatic rings. The van der Waals surface area contributed by atoms with Crippen molar-refractivity contribution in [3.63, 3.8) is 0 Å². The van der Waals surface area contributed by atoms with E-state index in [9.17, 15) is 18.8 Å². The Morgan fingerprint density at radius 2 is 1.63 bits per heavy atom. The Labute approximate surface area is 176 Å². The van der Waals surface area contributed by atoms with Crippen molar-refractivity contribution in [2.24, 2.45) is 0 Å². The number of halogens is 1. The number of hydrogen-bond acceptors (Lipinski definition) is 4. The zero-order valence-electron chi connectivity index (χ0n) is 17.2. The normalized spacial score (nSPS) is 17.6. The molecule has 0 bridgehead atoms. The quantitative estimate of drug-likeness (QED) is 0.625. The van der Waals surface area contributed by atoms with Gasteiger partial charge in [0.1, 0.15) is 5.82 Å². The van der Waals surface area contributed by atoms with E-state index in [2.05, 4.69) is 16.0 Å². The standard InChI is InChI=1S/C21H30FN5O3/c22-16-5-7-18(8-6-16)25-20(29)15-26-11-13-27(14-12-26)21(30)23-10-9-19(28)24-17-3-1-2-4-17/h5-8,17H,1-4,9-15H2,(H,23,30)(H,24,28)(H,25,29). The molecule has 1 aliphatic carbocycles. The second-order valence-electron chi connectivity index (χ2n) is 7.85. The molecule has 2 fully saturated rings. The molecule has 1 heterocycles. The second-order valence-corrected chi connectivity index (χ2v) is 7.85. The fourth-order valence-corrected chi connectivity index (χ4v) is 3.81. The fourth-order valence-electron chi connectivity index (χ4n) is 3.81. The number of nitrogens with zero attached hydrogens (tertiary/aromatic N) is 2. The van der Waals surface area contributed by atoms with Crippen molar-refractivity contribution >= 4 is 23.5 Å². The summed E-state index contributed by atoms with van der Waals surface area (Å²) in [6.07, 6.45) is 4.71. The van der Waals surface area contributed by atoms with Crippen LogP contribution in [0.5, 0.6) is 0 Å². The second kappa shape index (κ2) is 10.9. The molecule has 0 radical (unpaired) electrons. The maximum absolute atomic E-state index is 12.9. The van der Waals surface area contributed by atoms with Crippen LogP contribution in [0.25, 0.3) is 0 Å². The number of carbonyl (C=O) groups excluding carboxylic acids is 3. The first-order valence-electron chi connectivity index (χ1n) is 10.6. The largest absolute Gasteiger partial charge is 0.353 e. The summed E-state index contributed by atoms with van der Waals surface area (Å²) in [4.78, 5) is 40.0. The van der Waals surface area contributed by atoms with Crippen molar-refractivity contribution in [1.82, 2.24) is 20.4 Å². The number of benzene rings is 1. The molecule has 3 N–H and O–H groups in total. The Morgan fingerprint density at radius 1 is 0.967 bits per heavy atom. The van der Waals surface area contributed by atoms with Crippen LogP contribution in [0.1, 0.15) is 32.1 Å². The molecule has 1 aromatic rings. The van der Waals surface area contributed by atoms with E-state index < -0.39 is 0 Å². The van der Waals surface area contributed by atoms with Crippen molar-refractivity contribution in [3.8, 4) is 0 Å². The highest BCUT2D eigenvalue weighted by Crippen LogP contribution is 2.17. The van der Waals surface area contributed by atoms with Gasteiger partial charge in [0.2, 0.25) is 11.8 Å². The van der Waals surface area contributed by atoms with E-state index >= 15 is 0 Å². The topological polar surface area (TPSA) is 93.8 Å². The smallest absolute Gasteiger partial charge is 0.317 e. The summed E-state index contributed by atoms with van der Waals surface area (Å²) >= 11 is 0. The maximum atomic E-state index is 12.9. The van der Waals surface area contributed by atoms with Gasteiger partial charge in [-0.1, -0.05) is 12.8 Å². The minimum absolute atomic E-state index is 0.0146.